The summed E-state index contributed by atoms with van der Waals surface area (Å²) in [6.45, 7) is 7.81. The summed E-state index contributed by atoms with van der Waals surface area (Å²) in [4.78, 5) is 16.0. The fourth-order valence-corrected chi connectivity index (χ4v) is 3.39. The van der Waals surface area contributed by atoms with Gasteiger partial charge in [-0.15, -0.1) is 0 Å². The molecule has 2 aromatic rings. The number of piperazine rings is 1. The Morgan fingerprint density at radius 1 is 0.968 bits per heavy atom. The summed E-state index contributed by atoms with van der Waals surface area (Å²) in [5.74, 6) is 0. The summed E-state index contributed by atoms with van der Waals surface area (Å²) in [6, 6.07) is 12.5. The third kappa shape index (κ3) is 5.48. The van der Waals surface area contributed by atoms with Gasteiger partial charge in [-0.3, -0.25) is 0 Å². The Labute approximate surface area is 179 Å². The summed E-state index contributed by atoms with van der Waals surface area (Å²) >= 11 is 0. The lowest BCUT2D eigenvalue weighted by Gasteiger charge is -2.36. The van der Waals surface area contributed by atoms with E-state index in [9.17, 15) is 18.0 Å². The molecule has 3 rings (SSSR count). The van der Waals surface area contributed by atoms with E-state index in [4.69, 9.17) is 10.00 Å². The Morgan fingerprint density at radius 2 is 1.55 bits per heavy atom. The maximum Gasteiger partial charge on any atom is 0.417 e. The zero-order chi connectivity index (χ0) is 22.8. The van der Waals surface area contributed by atoms with Gasteiger partial charge in [-0.2, -0.15) is 18.4 Å². The maximum absolute atomic E-state index is 13.2. The van der Waals surface area contributed by atoms with E-state index in [0.29, 0.717) is 37.3 Å². The van der Waals surface area contributed by atoms with Crippen LogP contribution in [0.2, 0.25) is 0 Å². The Morgan fingerprint density at radius 3 is 2.06 bits per heavy atom. The van der Waals surface area contributed by atoms with E-state index in [-0.39, 0.29) is 6.09 Å². The molecule has 2 aromatic carbocycles. The van der Waals surface area contributed by atoms with Gasteiger partial charge in [0.05, 0.1) is 17.2 Å². The average Bonchev–Trinajstić information content (AvgIpc) is 2.71. The van der Waals surface area contributed by atoms with E-state index in [2.05, 4.69) is 4.90 Å². The van der Waals surface area contributed by atoms with Crippen molar-refractivity contribution in [3.63, 3.8) is 0 Å². The summed E-state index contributed by atoms with van der Waals surface area (Å²) in [5, 5.41) is 8.94. The molecule has 0 aliphatic carbocycles. The van der Waals surface area contributed by atoms with Gasteiger partial charge >= 0.3 is 12.3 Å². The molecule has 0 spiro atoms. The molecular weight excluding hydrogens is 407 g/mol. The fourth-order valence-electron chi connectivity index (χ4n) is 3.39. The number of alkyl halides is 3. The van der Waals surface area contributed by atoms with Crippen molar-refractivity contribution in [2.45, 2.75) is 32.5 Å². The number of nitriles is 1. The number of amides is 1. The topological polar surface area (TPSA) is 56.6 Å². The molecule has 0 atom stereocenters. The van der Waals surface area contributed by atoms with E-state index >= 15 is 0 Å². The smallest absolute Gasteiger partial charge is 0.417 e. The van der Waals surface area contributed by atoms with Crippen LogP contribution < -0.4 is 4.90 Å². The summed E-state index contributed by atoms with van der Waals surface area (Å²) < 4.78 is 45.1. The van der Waals surface area contributed by atoms with Crippen LogP contribution in [0.4, 0.5) is 23.7 Å². The first kappa shape index (κ1) is 22.5. The van der Waals surface area contributed by atoms with Crippen molar-refractivity contribution in [2.24, 2.45) is 0 Å². The molecule has 0 radical (unpaired) electrons. The van der Waals surface area contributed by atoms with Gasteiger partial charge in [-0.25, -0.2) is 4.79 Å². The van der Waals surface area contributed by atoms with Crippen LogP contribution in [0.1, 0.15) is 31.9 Å². The maximum atomic E-state index is 13.2. The fraction of sp³-hybridized carbons (Fsp3) is 0.391. The number of halogens is 3. The lowest BCUT2D eigenvalue weighted by Crippen LogP contribution is -2.50. The normalized spacial score (nSPS) is 14.9. The molecule has 1 fully saturated rings. The van der Waals surface area contributed by atoms with Crippen molar-refractivity contribution in [3.05, 3.63) is 53.6 Å². The second-order valence-corrected chi connectivity index (χ2v) is 8.37. The van der Waals surface area contributed by atoms with Crippen molar-refractivity contribution in [1.29, 1.82) is 5.26 Å². The molecule has 0 unspecified atom stereocenters. The zero-order valence-corrected chi connectivity index (χ0v) is 17.7. The molecular formula is C23H24F3N3O2. The highest BCUT2D eigenvalue weighted by Gasteiger charge is 2.34. The molecule has 1 saturated heterocycles. The Balaban J connectivity index is 1.69. The lowest BCUT2D eigenvalue weighted by molar-refractivity contribution is -0.137. The Kier molecular flexibility index (Phi) is 6.16. The molecule has 5 nitrogen and oxygen atoms in total. The van der Waals surface area contributed by atoms with Crippen LogP contribution in [0.3, 0.4) is 0 Å². The average molecular weight is 431 g/mol. The van der Waals surface area contributed by atoms with Crippen LogP contribution in [0, 0.1) is 11.3 Å². The highest BCUT2D eigenvalue weighted by Crippen LogP contribution is 2.35. The van der Waals surface area contributed by atoms with Crippen LogP contribution in [0.5, 0.6) is 0 Å². The highest BCUT2D eigenvalue weighted by atomic mass is 19.4. The first-order chi connectivity index (χ1) is 14.5. The number of benzene rings is 2. The molecule has 1 amide bonds. The Bertz CT molecular complexity index is 981. The minimum Gasteiger partial charge on any atom is -0.444 e. The molecule has 8 heteroatoms. The Hall–Kier alpha value is -3.21. The van der Waals surface area contributed by atoms with E-state index < -0.39 is 22.9 Å². The molecule has 0 aromatic heterocycles. The van der Waals surface area contributed by atoms with Crippen LogP contribution >= 0.6 is 0 Å². The minimum absolute atomic E-state index is 0.330. The molecule has 164 valence electrons. The third-order valence-corrected chi connectivity index (χ3v) is 4.94. The number of carbonyl (C=O) groups excluding carboxylic acids is 1. The summed E-state index contributed by atoms with van der Waals surface area (Å²) in [6.07, 6.45) is -4.92. The number of anilines is 1. The predicted octanol–water partition coefficient (Wildman–Crippen LogP) is 5.30. The number of hydrogen-bond acceptors (Lipinski definition) is 4. The van der Waals surface area contributed by atoms with Crippen LogP contribution in [-0.4, -0.2) is 42.8 Å². The van der Waals surface area contributed by atoms with Gasteiger partial charge in [0.2, 0.25) is 0 Å². The van der Waals surface area contributed by atoms with Gasteiger partial charge in [0.25, 0.3) is 0 Å². The second kappa shape index (κ2) is 8.50. The molecule has 0 bridgehead atoms. The number of rotatable bonds is 2. The molecule has 0 N–H and O–H groups in total. The van der Waals surface area contributed by atoms with Crippen LogP contribution in [0.25, 0.3) is 11.1 Å². The lowest BCUT2D eigenvalue weighted by atomic mass is 9.99. The highest BCUT2D eigenvalue weighted by molar-refractivity contribution is 5.70. The van der Waals surface area contributed by atoms with Gasteiger partial charge in [-0.05, 0) is 56.2 Å². The van der Waals surface area contributed by atoms with Crippen molar-refractivity contribution in [2.75, 3.05) is 31.1 Å². The monoisotopic (exact) mass is 431 g/mol. The molecule has 31 heavy (non-hydrogen) atoms. The summed E-state index contributed by atoms with van der Waals surface area (Å²) in [5.41, 5.74) is 0.0863. The quantitative estimate of drug-likeness (QED) is 0.647. The first-order valence-electron chi connectivity index (χ1n) is 9.92. The van der Waals surface area contributed by atoms with Gasteiger partial charge in [0.1, 0.15) is 5.60 Å². The van der Waals surface area contributed by atoms with E-state index in [0.717, 1.165) is 11.8 Å². The number of hydrogen-bond donors (Lipinski definition) is 0. The largest absolute Gasteiger partial charge is 0.444 e. The molecule has 1 heterocycles. The molecule has 0 saturated carbocycles. The minimum atomic E-state index is -4.59. The molecule has 1 aliphatic rings. The summed E-state index contributed by atoms with van der Waals surface area (Å²) in [7, 11) is 0. The van der Waals surface area contributed by atoms with Crippen molar-refractivity contribution < 1.29 is 22.7 Å². The zero-order valence-electron chi connectivity index (χ0n) is 17.7. The number of nitrogens with zero attached hydrogens (tertiary/aromatic N) is 3. The van der Waals surface area contributed by atoms with Gasteiger partial charge in [0.15, 0.2) is 0 Å². The second-order valence-electron chi connectivity index (χ2n) is 8.37. The van der Waals surface area contributed by atoms with Gasteiger partial charge in [-0.1, -0.05) is 18.2 Å². The molecule has 1 aliphatic heterocycles. The number of carbonyl (C=O) groups is 1. The van der Waals surface area contributed by atoms with Crippen molar-refractivity contribution >= 4 is 11.8 Å². The van der Waals surface area contributed by atoms with Gasteiger partial charge in [0, 0.05) is 31.9 Å². The van der Waals surface area contributed by atoms with Gasteiger partial charge < -0.3 is 14.5 Å². The third-order valence-electron chi connectivity index (χ3n) is 4.94. The van der Waals surface area contributed by atoms with Crippen LogP contribution in [0.15, 0.2) is 42.5 Å². The first-order valence-corrected chi connectivity index (χ1v) is 9.92. The number of ether oxygens (including phenoxy) is 1. The van der Waals surface area contributed by atoms with E-state index in [1.165, 1.54) is 12.1 Å². The van der Waals surface area contributed by atoms with Crippen molar-refractivity contribution in [3.8, 4) is 17.2 Å². The van der Waals surface area contributed by atoms with Crippen LogP contribution in [-0.2, 0) is 10.9 Å². The SMILES string of the molecule is CC(C)(C)OC(=O)N1CCN(c2ccc(-c3ccc(C#N)c(C(F)(F)F)c3)cc2)CC1. The van der Waals surface area contributed by atoms with E-state index in [1.807, 2.05) is 32.9 Å². The van der Waals surface area contributed by atoms with Crippen molar-refractivity contribution in [1.82, 2.24) is 4.90 Å². The predicted molar refractivity (Wildman–Crippen MR) is 112 cm³/mol. The standard InChI is InChI=1S/C23H24F3N3O2/c1-22(2,3)31-21(30)29-12-10-28(11-13-29)19-8-6-16(7-9-19)17-4-5-18(15-27)20(14-17)23(24,25)26/h4-9,14H,10-13H2,1-3H3. The van der Waals surface area contributed by atoms with E-state index in [1.54, 1.807) is 23.1 Å².